The Hall–Kier alpha value is -0.200. The number of likely N-dealkylation sites (tertiary alicyclic amines) is 2. The van der Waals surface area contributed by atoms with Crippen molar-refractivity contribution in [1.29, 1.82) is 0 Å². The van der Waals surface area contributed by atoms with E-state index in [-0.39, 0.29) is 18.6 Å². The van der Waals surface area contributed by atoms with Gasteiger partial charge in [0.15, 0.2) is 0 Å². The highest BCUT2D eigenvalue weighted by Crippen LogP contribution is 2.44. The van der Waals surface area contributed by atoms with Crippen LogP contribution in [0.3, 0.4) is 0 Å². The molecule has 2 aliphatic rings. The van der Waals surface area contributed by atoms with Crippen LogP contribution in [0.5, 0.6) is 11.5 Å². The van der Waals surface area contributed by atoms with Gasteiger partial charge in [-0.1, -0.05) is 26.7 Å². The quantitative estimate of drug-likeness (QED) is 0.231. The molecule has 228 valence electrons. The number of rotatable bonds is 12. The number of ether oxygens (including phenoxy) is 2. The average molecular weight is 826 g/mol. The van der Waals surface area contributed by atoms with Crippen LogP contribution in [-0.4, -0.2) is 84.7 Å². The van der Waals surface area contributed by atoms with Crippen molar-refractivity contribution in [1.82, 2.24) is 9.80 Å². The van der Waals surface area contributed by atoms with Gasteiger partial charge in [-0.05, 0) is 151 Å². The molecule has 2 fully saturated rings. The topological polar surface area (TPSA) is 65.4 Å². The van der Waals surface area contributed by atoms with Crippen molar-refractivity contribution in [2.75, 3.05) is 52.5 Å². The van der Waals surface area contributed by atoms with Crippen LogP contribution in [0, 0.1) is 0 Å². The summed E-state index contributed by atoms with van der Waals surface area (Å²) in [4.78, 5) is 4.63. The Bertz CT molecular complexity index is 1020. The van der Waals surface area contributed by atoms with Gasteiger partial charge in [0.1, 0.15) is 36.9 Å². The van der Waals surface area contributed by atoms with E-state index in [0.717, 1.165) is 55.2 Å². The molecule has 0 radical (unpaired) electrons. The first-order valence-electron chi connectivity index (χ1n) is 14.6. The summed E-state index contributed by atoms with van der Waals surface area (Å²) in [7, 11) is 0. The second-order valence-electron chi connectivity index (χ2n) is 11.8. The maximum Gasteiger partial charge on any atom is 0.147 e. The lowest BCUT2D eigenvalue weighted by molar-refractivity contribution is 0.0611. The zero-order chi connectivity index (χ0) is 29.6. The molecule has 0 saturated carbocycles. The third kappa shape index (κ3) is 9.40. The number of β-amino-alcohol motifs (C(OH)–C–C–N with tert-alkyl or cyclic N) is 2. The Balaban J connectivity index is 1.40. The summed E-state index contributed by atoms with van der Waals surface area (Å²) in [5, 5.41) is 21.1. The number of piperidine rings is 2. The van der Waals surface area contributed by atoms with Crippen LogP contribution in [0.1, 0.15) is 63.5 Å². The molecular formula is C31H42Br4N2O4. The minimum atomic E-state index is -0.538. The molecule has 2 N–H and O–H groups in total. The molecule has 0 aliphatic carbocycles. The monoisotopic (exact) mass is 822 g/mol. The molecule has 2 unspecified atom stereocenters. The first-order valence-corrected chi connectivity index (χ1v) is 17.8. The van der Waals surface area contributed by atoms with E-state index in [1.807, 2.05) is 0 Å². The predicted octanol–water partition coefficient (Wildman–Crippen LogP) is 7.51. The molecule has 6 nitrogen and oxygen atoms in total. The van der Waals surface area contributed by atoms with E-state index in [4.69, 9.17) is 9.47 Å². The molecule has 10 heteroatoms. The summed E-state index contributed by atoms with van der Waals surface area (Å²) < 4.78 is 15.5. The van der Waals surface area contributed by atoms with Crippen molar-refractivity contribution < 1.29 is 19.7 Å². The molecule has 0 bridgehead atoms. The van der Waals surface area contributed by atoms with E-state index < -0.39 is 12.2 Å². The van der Waals surface area contributed by atoms with Gasteiger partial charge in [0.05, 0.1) is 17.9 Å². The van der Waals surface area contributed by atoms with Crippen molar-refractivity contribution in [3.63, 3.8) is 0 Å². The molecule has 0 amide bonds. The Kier molecular flexibility index (Phi) is 12.9. The predicted molar refractivity (Wildman–Crippen MR) is 179 cm³/mol. The average Bonchev–Trinajstić information content (AvgIpc) is 2.93. The molecule has 2 aromatic rings. The highest BCUT2D eigenvalue weighted by atomic mass is 79.9. The Labute approximate surface area is 278 Å². The number of benzene rings is 2. The molecule has 2 atom stereocenters. The van der Waals surface area contributed by atoms with Crippen LogP contribution in [0.15, 0.2) is 42.2 Å². The largest absolute Gasteiger partial charge is 0.488 e. The molecule has 4 rings (SSSR count). The van der Waals surface area contributed by atoms with Gasteiger partial charge >= 0.3 is 0 Å². The summed E-state index contributed by atoms with van der Waals surface area (Å²) in [6.07, 6.45) is 6.29. The first-order chi connectivity index (χ1) is 19.5. The molecule has 0 spiro atoms. The highest BCUT2D eigenvalue weighted by Gasteiger charge is 2.28. The van der Waals surface area contributed by atoms with Crippen molar-refractivity contribution >= 4 is 63.7 Å². The summed E-state index contributed by atoms with van der Waals surface area (Å²) in [5.74, 6) is 1.38. The van der Waals surface area contributed by atoms with Crippen LogP contribution in [0.4, 0.5) is 0 Å². The van der Waals surface area contributed by atoms with Crippen molar-refractivity contribution in [3.05, 3.63) is 53.3 Å². The van der Waals surface area contributed by atoms with Gasteiger partial charge < -0.3 is 29.5 Å². The van der Waals surface area contributed by atoms with Gasteiger partial charge in [-0.15, -0.1) is 0 Å². The fourth-order valence-corrected chi connectivity index (χ4v) is 8.46. The van der Waals surface area contributed by atoms with Gasteiger partial charge in [-0.2, -0.15) is 0 Å². The van der Waals surface area contributed by atoms with E-state index >= 15 is 0 Å². The lowest BCUT2D eigenvalue weighted by Gasteiger charge is -2.30. The van der Waals surface area contributed by atoms with Crippen molar-refractivity contribution in [3.8, 4) is 11.5 Å². The standard InChI is InChI=1S/C31H42Br4N2O4/c1-31(2,21-13-25(32)29(26(33)14-21)40-19-23(38)17-36-9-5-3-6-10-36)22-15-27(34)30(28(35)16-22)41-20-24(39)18-37-11-7-4-8-12-37/h13-16,23-24,38-39H,3-12,17-20H2,1-2H3. The molecule has 2 aromatic carbocycles. The van der Waals surface area contributed by atoms with E-state index in [0.29, 0.717) is 24.6 Å². The number of hydrogen-bond acceptors (Lipinski definition) is 6. The van der Waals surface area contributed by atoms with E-state index in [9.17, 15) is 10.2 Å². The summed E-state index contributed by atoms with van der Waals surface area (Å²) in [6.45, 7) is 10.3. The van der Waals surface area contributed by atoms with Crippen LogP contribution in [-0.2, 0) is 5.41 Å². The molecule has 2 heterocycles. The van der Waals surface area contributed by atoms with Gasteiger partial charge in [0.2, 0.25) is 0 Å². The number of nitrogens with zero attached hydrogens (tertiary/aromatic N) is 2. The van der Waals surface area contributed by atoms with Gasteiger partial charge in [-0.3, -0.25) is 0 Å². The normalized spacial score (nSPS) is 18.7. The minimum Gasteiger partial charge on any atom is -0.488 e. The molecule has 0 aromatic heterocycles. The zero-order valence-corrected chi connectivity index (χ0v) is 30.3. The van der Waals surface area contributed by atoms with Crippen LogP contribution < -0.4 is 9.47 Å². The van der Waals surface area contributed by atoms with Crippen molar-refractivity contribution in [2.45, 2.75) is 70.0 Å². The van der Waals surface area contributed by atoms with E-state index in [1.165, 1.54) is 38.5 Å². The zero-order valence-electron chi connectivity index (χ0n) is 24.0. The fraction of sp³-hybridized carbons (Fsp3) is 0.613. The SMILES string of the molecule is CC(C)(c1cc(Br)c(OCC(O)CN2CCCCC2)c(Br)c1)c1cc(Br)c(OCC(O)CN2CCCCC2)c(Br)c1. The Morgan fingerprint density at radius 2 is 0.951 bits per heavy atom. The Morgan fingerprint density at radius 3 is 1.27 bits per heavy atom. The lowest BCUT2D eigenvalue weighted by Crippen LogP contribution is -2.38. The van der Waals surface area contributed by atoms with Crippen LogP contribution in [0.2, 0.25) is 0 Å². The fourth-order valence-electron chi connectivity index (χ4n) is 5.63. The summed E-state index contributed by atoms with van der Waals surface area (Å²) >= 11 is 14.8. The van der Waals surface area contributed by atoms with E-state index in [2.05, 4.69) is 112 Å². The second kappa shape index (κ2) is 15.7. The van der Waals surface area contributed by atoms with Crippen LogP contribution in [0.25, 0.3) is 0 Å². The van der Waals surface area contributed by atoms with E-state index in [1.54, 1.807) is 0 Å². The number of halogens is 4. The molecular weight excluding hydrogens is 784 g/mol. The van der Waals surface area contributed by atoms with Crippen LogP contribution >= 0.6 is 63.7 Å². The number of aliphatic hydroxyl groups is 2. The van der Waals surface area contributed by atoms with Gasteiger partial charge in [0, 0.05) is 18.5 Å². The van der Waals surface area contributed by atoms with Gasteiger partial charge in [-0.25, -0.2) is 0 Å². The Morgan fingerprint density at radius 1 is 0.634 bits per heavy atom. The number of hydrogen-bond donors (Lipinski definition) is 2. The molecule has 41 heavy (non-hydrogen) atoms. The maximum absolute atomic E-state index is 10.6. The third-order valence-corrected chi connectivity index (χ3v) is 10.5. The molecule has 2 saturated heterocycles. The summed E-state index contributed by atoms with van der Waals surface area (Å²) in [5.41, 5.74) is 1.86. The highest BCUT2D eigenvalue weighted by molar-refractivity contribution is 9.11. The number of aliphatic hydroxyl groups excluding tert-OH is 2. The second-order valence-corrected chi connectivity index (χ2v) is 15.2. The minimum absolute atomic E-state index is 0.241. The lowest BCUT2D eigenvalue weighted by atomic mass is 9.78. The molecule has 2 aliphatic heterocycles. The summed E-state index contributed by atoms with van der Waals surface area (Å²) in [6, 6.07) is 8.33. The smallest absolute Gasteiger partial charge is 0.147 e. The first kappa shape index (κ1) is 33.7. The maximum atomic E-state index is 10.6. The van der Waals surface area contributed by atoms with Crippen molar-refractivity contribution in [2.24, 2.45) is 0 Å². The third-order valence-electron chi connectivity index (χ3n) is 8.12. The van der Waals surface area contributed by atoms with Gasteiger partial charge in [0.25, 0.3) is 0 Å².